The highest BCUT2D eigenvalue weighted by Gasteiger charge is 2.34. The number of alkyl halides is 3. The van der Waals surface area contributed by atoms with E-state index in [4.69, 9.17) is 28.9 Å². The summed E-state index contributed by atoms with van der Waals surface area (Å²) in [7, 11) is 0. The Morgan fingerprint density at radius 1 is 1.02 bits per heavy atom. The number of primary amides is 1. The smallest absolute Gasteiger partial charge is 0.366 e. The number of amides is 1. The minimum atomic E-state index is -4.62. The number of ketones is 1. The summed E-state index contributed by atoms with van der Waals surface area (Å²) in [4.78, 5) is 31.0. The molecule has 0 aliphatic rings. The van der Waals surface area contributed by atoms with Crippen molar-refractivity contribution in [1.29, 1.82) is 0 Å². The van der Waals surface area contributed by atoms with E-state index < -0.39 is 23.4 Å². The number of nitrogens with zero attached hydrogens (tertiary/aromatic N) is 7. The molecule has 0 radical (unpaired) electrons. The number of carbonyl (C=O) groups excluding carboxylic acids is 2. The molecule has 5 rings (SSSR count). The normalized spacial score (nSPS) is 11.6. The van der Waals surface area contributed by atoms with Gasteiger partial charge in [0.2, 0.25) is 11.7 Å². The molecule has 5 aromatic rings. The van der Waals surface area contributed by atoms with Gasteiger partial charge in [-0.05, 0) is 59.7 Å². The van der Waals surface area contributed by atoms with Gasteiger partial charge in [0, 0.05) is 28.8 Å². The summed E-state index contributed by atoms with van der Waals surface area (Å²) in [5.74, 6) is -1.27. The van der Waals surface area contributed by atoms with Gasteiger partial charge in [0.1, 0.15) is 12.2 Å². The van der Waals surface area contributed by atoms with E-state index in [1.165, 1.54) is 41.2 Å². The summed E-state index contributed by atoms with van der Waals surface area (Å²) in [6.45, 7) is 1.55. The van der Waals surface area contributed by atoms with Crippen LogP contribution in [0.25, 0.3) is 17.2 Å². The monoisotopic (exact) mass is 614 g/mol. The molecule has 10 nitrogen and oxygen atoms in total. The number of aromatic nitrogens is 7. The van der Waals surface area contributed by atoms with E-state index in [-0.39, 0.29) is 52.1 Å². The number of tetrazole rings is 1. The maximum Gasteiger partial charge on any atom is 0.417 e. The van der Waals surface area contributed by atoms with Gasteiger partial charge < -0.3 is 5.73 Å². The lowest BCUT2D eigenvalue weighted by Gasteiger charge is -2.12. The minimum absolute atomic E-state index is 0.0677. The summed E-state index contributed by atoms with van der Waals surface area (Å²) < 4.78 is 41.7. The third-order valence-corrected chi connectivity index (χ3v) is 6.77. The average molecular weight is 615 g/mol. The molecule has 0 spiro atoms. The molecule has 0 atom stereocenters. The predicted molar refractivity (Wildman–Crippen MR) is 146 cm³/mol. The van der Waals surface area contributed by atoms with E-state index in [1.807, 2.05) is 0 Å². The number of benzene rings is 2. The number of halogens is 5. The topological polar surface area (TPSA) is 134 Å². The lowest BCUT2D eigenvalue weighted by atomic mass is 9.95. The largest absolute Gasteiger partial charge is 0.417 e. The number of hydrogen-bond acceptors (Lipinski definition) is 7. The minimum Gasteiger partial charge on any atom is -0.366 e. The molecule has 0 unspecified atom stereocenters. The molecule has 0 aliphatic carbocycles. The fourth-order valence-corrected chi connectivity index (χ4v) is 4.84. The second kappa shape index (κ2) is 11.3. The Kier molecular flexibility index (Phi) is 7.80. The van der Waals surface area contributed by atoms with Crippen LogP contribution in [0.3, 0.4) is 0 Å². The lowest BCUT2D eigenvalue weighted by molar-refractivity contribution is -0.137. The maximum atomic E-state index is 13.6. The van der Waals surface area contributed by atoms with Crippen LogP contribution in [0.15, 0.2) is 60.8 Å². The van der Waals surface area contributed by atoms with Gasteiger partial charge in [-0.25, -0.2) is 9.67 Å². The first-order chi connectivity index (χ1) is 19.9. The van der Waals surface area contributed by atoms with Crippen molar-refractivity contribution < 1.29 is 22.8 Å². The van der Waals surface area contributed by atoms with Gasteiger partial charge in [0.15, 0.2) is 11.6 Å². The molecule has 15 heteroatoms. The number of pyridine rings is 1. The van der Waals surface area contributed by atoms with E-state index >= 15 is 0 Å². The number of nitrogens with two attached hydrogens (primary N) is 1. The van der Waals surface area contributed by atoms with Crippen LogP contribution in [0, 0.1) is 6.92 Å². The first-order valence-corrected chi connectivity index (χ1v) is 12.9. The summed E-state index contributed by atoms with van der Waals surface area (Å²) in [5, 5.41) is 16.7. The summed E-state index contributed by atoms with van der Waals surface area (Å²) in [6.07, 6.45) is -3.37. The molecule has 214 valence electrons. The number of rotatable bonds is 8. The van der Waals surface area contributed by atoms with Crippen LogP contribution in [0.1, 0.15) is 43.2 Å². The third kappa shape index (κ3) is 5.87. The van der Waals surface area contributed by atoms with Gasteiger partial charge >= 0.3 is 6.18 Å². The molecule has 1 amide bonds. The molecule has 2 N–H and O–H groups in total. The molecule has 3 aromatic heterocycles. The van der Waals surface area contributed by atoms with Crippen molar-refractivity contribution in [3.63, 3.8) is 0 Å². The van der Waals surface area contributed by atoms with Crippen molar-refractivity contribution in [3.05, 3.63) is 104 Å². The first-order valence-electron chi connectivity index (χ1n) is 12.2. The fraction of sp³-hybridized carbons (Fsp3) is 0.148. The molecule has 0 saturated heterocycles. The van der Waals surface area contributed by atoms with Gasteiger partial charge in [0.25, 0.3) is 0 Å². The van der Waals surface area contributed by atoms with Gasteiger partial charge in [-0.3, -0.25) is 9.59 Å². The predicted octanol–water partition coefficient (Wildman–Crippen LogP) is 5.13. The molecular formula is C27H19Cl2F3N8O2. The average Bonchev–Trinajstić information content (AvgIpc) is 3.57. The highest BCUT2D eigenvalue weighted by Crippen LogP contribution is 2.35. The Morgan fingerprint density at radius 2 is 1.79 bits per heavy atom. The standard InChI is InChI=1S/C27H19Cl2F3N8O2/c1-14-9-15(28)10-19(24(33)42)18(14)12-23(41)22-11-16(36-40(22)26-21(29)7-4-8-34-26)13-39-37-25(35-38-39)17-5-2-3-6-20(17)27(30,31)32/h2-11H,12-13H2,1H3,(H2,33,42). The Morgan fingerprint density at radius 3 is 2.50 bits per heavy atom. The van der Waals surface area contributed by atoms with Crippen LogP contribution >= 0.6 is 23.2 Å². The quantitative estimate of drug-likeness (QED) is 0.239. The second-order valence-electron chi connectivity index (χ2n) is 9.14. The molecule has 0 bridgehead atoms. The summed E-state index contributed by atoms with van der Waals surface area (Å²) in [5.41, 5.74) is 5.81. The molecule has 0 saturated carbocycles. The number of aryl methyl sites for hydroxylation is 1. The fourth-order valence-electron chi connectivity index (χ4n) is 4.37. The lowest BCUT2D eigenvalue weighted by Crippen LogP contribution is -2.18. The summed E-state index contributed by atoms with van der Waals surface area (Å²) in [6, 6.07) is 12.5. The number of carbonyl (C=O) groups is 2. The van der Waals surface area contributed by atoms with Crippen LogP contribution in [0.4, 0.5) is 13.2 Å². The van der Waals surface area contributed by atoms with Gasteiger partial charge in [-0.1, -0.05) is 41.4 Å². The zero-order valence-corrected chi connectivity index (χ0v) is 23.1. The zero-order valence-electron chi connectivity index (χ0n) is 21.6. The molecule has 0 fully saturated rings. The molecule has 3 heterocycles. The van der Waals surface area contributed by atoms with Crippen molar-refractivity contribution in [2.75, 3.05) is 0 Å². The van der Waals surface area contributed by atoms with E-state index in [1.54, 1.807) is 25.1 Å². The van der Waals surface area contributed by atoms with Crippen molar-refractivity contribution >= 4 is 34.9 Å². The molecule has 2 aromatic carbocycles. The van der Waals surface area contributed by atoms with E-state index in [2.05, 4.69) is 25.5 Å². The van der Waals surface area contributed by atoms with Crippen LogP contribution in [-0.2, 0) is 19.1 Å². The highest BCUT2D eigenvalue weighted by molar-refractivity contribution is 6.32. The van der Waals surface area contributed by atoms with Crippen LogP contribution in [0.5, 0.6) is 0 Å². The number of Topliss-reactive ketones (excluding diaryl/α,β-unsaturated/α-hetero) is 1. The van der Waals surface area contributed by atoms with Crippen molar-refractivity contribution in [1.82, 2.24) is 35.0 Å². The maximum absolute atomic E-state index is 13.6. The Labute approximate surface area is 245 Å². The van der Waals surface area contributed by atoms with Gasteiger partial charge in [-0.2, -0.15) is 23.1 Å². The van der Waals surface area contributed by atoms with Crippen molar-refractivity contribution in [2.24, 2.45) is 5.73 Å². The van der Waals surface area contributed by atoms with E-state index in [0.717, 1.165) is 10.9 Å². The van der Waals surface area contributed by atoms with Crippen LogP contribution in [-0.4, -0.2) is 46.7 Å². The van der Waals surface area contributed by atoms with Gasteiger partial charge in [-0.15, -0.1) is 10.2 Å². The molecular weight excluding hydrogens is 596 g/mol. The third-order valence-electron chi connectivity index (χ3n) is 6.26. The molecule has 0 aliphatic heterocycles. The highest BCUT2D eigenvalue weighted by atomic mass is 35.5. The Hall–Kier alpha value is -4.62. The summed E-state index contributed by atoms with van der Waals surface area (Å²) >= 11 is 12.4. The van der Waals surface area contributed by atoms with Gasteiger partial charge in [0.05, 0.1) is 16.3 Å². The van der Waals surface area contributed by atoms with Crippen molar-refractivity contribution in [3.8, 4) is 17.2 Å². The van der Waals surface area contributed by atoms with Crippen LogP contribution in [0.2, 0.25) is 10.0 Å². The van der Waals surface area contributed by atoms with E-state index in [0.29, 0.717) is 16.1 Å². The Bertz CT molecular complexity index is 1830. The number of hydrogen-bond donors (Lipinski definition) is 1. The Balaban J connectivity index is 1.52. The zero-order chi connectivity index (χ0) is 30.2. The van der Waals surface area contributed by atoms with Crippen LogP contribution < -0.4 is 5.73 Å². The second-order valence-corrected chi connectivity index (χ2v) is 9.98. The molecule has 42 heavy (non-hydrogen) atoms. The van der Waals surface area contributed by atoms with Crippen molar-refractivity contribution in [2.45, 2.75) is 26.1 Å². The first kappa shape index (κ1) is 28.9. The van der Waals surface area contributed by atoms with E-state index in [9.17, 15) is 22.8 Å². The SMILES string of the molecule is Cc1cc(Cl)cc(C(N)=O)c1CC(=O)c1cc(Cn2nnc(-c3ccccc3C(F)(F)F)n2)nn1-c1ncccc1Cl.